The lowest BCUT2D eigenvalue weighted by Gasteiger charge is -2.28. The summed E-state index contributed by atoms with van der Waals surface area (Å²) in [4.78, 5) is 6.45. The van der Waals surface area contributed by atoms with Crippen molar-refractivity contribution in [1.29, 1.82) is 5.26 Å². The zero-order valence-electron chi connectivity index (χ0n) is 10.4. The molecule has 0 atom stereocenters. The van der Waals surface area contributed by atoms with Gasteiger partial charge in [0.1, 0.15) is 5.82 Å². The maximum Gasteiger partial charge on any atom is 0.143 e. The fourth-order valence-electron chi connectivity index (χ4n) is 1.56. The SMILES string of the molecule is Cc1c(N)cnc(N(CCC#N)C(C)C)c1Br. The van der Waals surface area contributed by atoms with Gasteiger partial charge in [0.15, 0.2) is 0 Å². The summed E-state index contributed by atoms with van der Waals surface area (Å²) in [6.07, 6.45) is 2.15. The van der Waals surface area contributed by atoms with Gasteiger partial charge in [-0.05, 0) is 42.3 Å². The molecule has 2 N–H and O–H groups in total. The molecule has 0 aliphatic carbocycles. The van der Waals surface area contributed by atoms with Gasteiger partial charge in [-0.1, -0.05) is 0 Å². The lowest BCUT2D eigenvalue weighted by molar-refractivity contribution is 0.675. The van der Waals surface area contributed by atoms with Gasteiger partial charge in [0.05, 0.1) is 28.8 Å². The van der Waals surface area contributed by atoms with Gasteiger partial charge < -0.3 is 10.6 Å². The van der Waals surface area contributed by atoms with Gasteiger partial charge in [0.2, 0.25) is 0 Å². The summed E-state index contributed by atoms with van der Waals surface area (Å²) in [6.45, 7) is 6.78. The van der Waals surface area contributed by atoms with E-state index < -0.39 is 0 Å². The number of hydrogen-bond donors (Lipinski definition) is 1. The Labute approximate surface area is 111 Å². The topological polar surface area (TPSA) is 65.9 Å². The largest absolute Gasteiger partial charge is 0.397 e. The molecular formula is C12H17BrN4. The van der Waals surface area contributed by atoms with Crippen molar-refractivity contribution in [3.63, 3.8) is 0 Å². The second-order valence-corrected chi connectivity index (χ2v) is 4.96. The van der Waals surface area contributed by atoms with E-state index in [1.807, 2.05) is 6.92 Å². The molecule has 4 nitrogen and oxygen atoms in total. The van der Waals surface area contributed by atoms with E-state index in [9.17, 15) is 0 Å². The van der Waals surface area contributed by atoms with E-state index in [2.05, 4.69) is 45.7 Å². The molecule has 1 aromatic heterocycles. The van der Waals surface area contributed by atoms with Crippen LogP contribution < -0.4 is 10.6 Å². The summed E-state index contributed by atoms with van der Waals surface area (Å²) < 4.78 is 0.907. The number of nitrogens with two attached hydrogens (primary N) is 1. The average Bonchev–Trinajstić information content (AvgIpc) is 2.28. The number of rotatable bonds is 4. The van der Waals surface area contributed by atoms with Crippen LogP contribution in [0, 0.1) is 18.3 Å². The summed E-state index contributed by atoms with van der Waals surface area (Å²) in [5.74, 6) is 0.849. The summed E-state index contributed by atoms with van der Waals surface area (Å²) in [6, 6.07) is 2.45. The number of nitrogen functional groups attached to an aromatic ring is 1. The van der Waals surface area contributed by atoms with Gasteiger partial charge in [-0.25, -0.2) is 4.98 Å². The lowest BCUT2D eigenvalue weighted by atomic mass is 10.2. The van der Waals surface area contributed by atoms with E-state index in [-0.39, 0.29) is 6.04 Å². The Morgan fingerprint density at radius 1 is 1.59 bits per heavy atom. The van der Waals surface area contributed by atoms with E-state index >= 15 is 0 Å². The van der Waals surface area contributed by atoms with Crippen molar-refractivity contribution in [2.75, 3.05) is 17.2 Å². The number of nitrogens with zero attached hydrogens (tertiary/aromatic N) is 3. The van der Waals surface area contributed by atoms with Crippen LogP contribution in [0.3, 0.4) is 0 Å². The molecule has 1 heterocycles. The minimum absolute atomic E-state index is 0.287. The molecule has 17 heavy (non-hydrogen) atoms. The van der Waals surface area contributed by atoms with Crippen LogP contribution in [0.5, 0.6) is 0 Å². The molecule has 0 fully saturated rings. The standard InChI is InChI=1S/C12H17BrN4/c1-8(2)17(6-4-5-14)12-11(13)9(3)10(15)7-16-12/h7-8H,4,6,15H2,1-3H3. The molecule has 0 amide bonds. The molecule has 5 heteroatoms. The first-order chi connectivity index (χ1) is 7.99. The Balaban J connectivity index is 3.11. The van der Waals surface area contributed by atoms with Crippen LogP contribution in [-0.4, -0.2) is 17.6 Å². The van der Waals surface area contributed by atoms with Gasteiger partial charge in [-0.3, -0.25) is 0 Å². The second-order valence-electron chi connectivity index (χ2n) is 4.17. The molecule has 0 saturated heterocycles. The number of nitriles is 1. The zero-order chi connectivity index (χ0) is 13.0. The highest BCUT2D eigenvalue weighted by atomic mass is 79.9. The van der Waals surface area contributed by atoms with Gasteiger partial charge in [0, 0.05) is 12.6 Å². The number of hydrogen-bond acceptors (Lipinski definition) is 4. The molecule has 0 saturated carbocycles. The number of anilines is 2. The summed E-state index contributed by atoms with van der Waals surface area (Å²) in [7, 11) is 0. The first-order valence-corrected chi connectivity index (χ1v) is 6.32. The molecule has 0 aliphatic heterocycles. The zero-order valence-corrected chi connectivity index (χ0v) is 12.0. The third kappa shape index (κ3) is 3.10. The number of pyridine rings is 1. The van der Waals surface area contributed by atoms with E-state index in [1.165, 1.54) is 0 Å². The van der Waals surface area contributed by atoms with Crippen molar-refractivity contribution in [2.24, 2.45) is 0 Å². The Bertz CT molecular complexity index is 437. The molecule has 0 aromatic carbocycles. The maximum absolute atomic E-state index is 8.68. The van der Waals surface area contributed by atoms with Crippen molar-refractivity contribution in [1.82, 2.24) is 4.98 Å². The van der Waals surface area contributed by atoms with E-state index in [0.717, 1.165) is 15.9 Å². The third-order valence-corrected chi connectivity index (χ3v) is 3.59. The average molecular weight is 297 g/mol. The van der Waals surface area contributed by atoms with Gasteiger partial charge in [-0.2, -0.15) is 5.26 Å². The van der Waals surface area contributed by atoms with Crippen LogP contribution in [0.2, 0.25) is 0 Å². The van der Waals surface area contributed by atoms with Crippen molar-refractivity contribution < 1.29 is 0 Å². The van der Waals surface area contributed by atoms with Gasteiger partial charge in [-0.15, -0.1) is 0 Å². The van der Waals surface area contributed by atoms with Crippen molar-refractivity contribution in [3.05, 3.63) is 16.2 Å². The Kier molecular flexibility index (Phi) is 4.76. The van der Waals surface area contributed by atoms with Crippen LogP contribution in [0.4, 0.5) is 11.5 Å². The van der Waals surface area contributed by atoms with E-state index in [1.54, 1.807) is 6.20 Å². The molecule has 1 aromatic rings. The van der Waals surface area contributed by atoms with Crippen molar-refractivity contribution in [2.45, 2.75) is 33.2 Å². The van der Waals surface area contributed by atoms with Crippen LogP contribution in [0.15, 0.2) is 10.7 Å². The number of aromatic nitrogens is 1. The highest BCUT2D eigenvalue weighted by Gasteiger charge is 2.17. The summed E-state index contributed by atoms with van der Waals surface area (Å²) >= 11 is 3.52. The molecular weight excluding hydrogens is 280 g/mol. The minimum Gasteiger partial charge on any atom is -0.397 e. The normalized spacial score (nSPS) is 10.4. The fourth-order valence-corrected chi connectivity index (χ4v) is 2.12. The van der Waals surface area contributed by atoms with Crippen LogP contribution in [0.1, 0.15) is 25.8 Å². The van der Waals surface area contributed by atoms with Crippen LogP contribution in [0.25, 0.3) is 0 Å². The molecule has 0 unspecified atom stereocenters. The van der Waals surface area contributed by atoms with Crippen molar-refractivity contribution in [3.8, 4) is 6.07 Å². The van der Waals surface area contributed by atoms with Crippen LogP contribution in [-0.2, 0) is 0 Å². The highest BCUT2D eigenvalue weighted by Crippen LogP contribution is 2.31. The molecule has 1 rings (SSSR count). The van der Waals surface area contributed by atoms with Crippen LogP contribution >= 0.6 is 15.9 Å². The molecule has 0 aliphatic rings. The first kappa shape index (κ1) is 13.8. The molecule has 0 bridgehead atoms. The molecule has 0 spiro atoms. The van der Waals surface area contributed by atoms with Gasteiger partial charge >= 0.3 is 0 Å². The lowest BCUT2D eigenvalue weighted by Crippen LogP contribution is -2.32. The predicted molar refractivity (Wildman–Crippen MR) is 73.8 cm³/mol. The maximum atomic E-state index is 8.68. The van der Waals surface area contributed by atoms with E-state index in [4.69, 9.17) is 11.0 Å². The Hall–Kier alpha value is -1.28. The van der Waals surface area contributed by atoms with Gasteiger partial charge in [0.25, 0.3) is 0 Å². The smallest absolute Gasteiger partial charge is 0.143 e. The quantitative estimate of drug-likeness (QED) is 0.928. The Morgan fingerprint density at radius 3 is 2.76 bits per heavy atom. The Morgan fingerprint density at radius 2 is 2.24 bits per heavy atom. The fraction of sp³-hybridized carbons (Fsp3) is 0.500. The third-order valence-electron chi connectivity index (χ3n) is 2.64. The second kappa shape index (κ2) is 5.87. The molecule has 92 valence electrons. The monoisotopic (exact) mass is 296 g/mol. The highest BCUT2D eigenvalue weighted by molar-refractivity contribution is 9.10. The first-order valence-electron chi connectivity index (χ1n) is 5.53. The van der Waals surface area contributed by atoms with Crippen molar-refractivity contribution >= 4 is 27.4 Å². The molecule has 0 radical (unpaired) electrons. The summed E-state index contributed by atoms with van der Waals surface area (Å²) in [5.41, 5.74) is 7.46. The predicted octanol–water partition coefficient (Wildman–Crippen LogP) is 2.86. The summed E-state index contributed by atoms with van der Waals surface area (Å²) in [5, 5.41) is 8.68. The minimum atomic E-state index is 0.287. The van der Waals surface area contributed by atoms with E-state index in [0.29, 0.717) is 18.7 Å². The number of halogens is 1.